The first kappa shape index (κ1) is 17.3. The zero-order valence-electron chi connectivity index (χ0n) is 11.5. The molecule has 2 rings (SSSR count). The fraction of sp³-hybridized carbons (Fsp3) is 0.154. The van der Waals surface area contributed by atoms with E-state index in [1.807, 2.05) is 0 Å². The molecule has 0 amide bonds. The number of aryl methyl sites for hydroxylation is 1. The normalized spacial score (nSPS) is 12.2. The number of halogens is 3. The highest BCUT2D eigenvalue weighted by atomic mass is 32.2. The van der Waals surface area contributed by atoms with Crippen LogP contribution in [0.2, 0.25) is 0 Å². The van der Waals surface area contributed by atoms with Gasteiger partial charge in [-0.1, -0.05) is 6.07 Å². The summed E-state index contributed by atoms with van der Waals surface area (Å²) >= 11 is 0.666. The predicted octanol–water partition coefficient (Wildman–Crippen LogP) is 3.57. The maximum absolute atomic E-state index is 12.7. The van der Waals surface area contributed by atoms with Crippen molar-refractivity contribution < 1.29 is 31.5 Å². The molecule has 2 aromatic rings. The monoisotopic (exact) mass is 365 g/mol. The second-order valence-corrected chi connectivity index (χ2v) is 7.41. The van der Waals surface area contributed by atoms with Crippen molar-refractivity contribution in [3.63, 3.8) is 0 Å². The summed E-state index contributed by atoms with van der Waals surface area (Å²) in [6, 6.07) is 3.63. The van der Waals surface area contributed by atoms with E-state index in [9.17, 15) is 26.4 Å². The molecule has 0 saturated carbocycles. The molecule has 23 heavy (non-hydrogen) atoms. The quantitative estimate of drug-likeness (QED) is 0.868. The molecule has 1 aromatic heterocycles. The van der Waals surface area contributed by atoms with E-state index in [4.69, 9.17) is 5.11 Å². The Morgan fingerprint density at radius 3 is 2.43 bits per heavy atom. The smallest absolute Gasteiger partial charge is 0.416 e. The standard InChI is InChI=1S/C13H10F3NO4S2/c1-7-2-3-9(13(14,15)16)5-10(7)17-23(20,21)11-4-8(6-22-11)12(18)19/h2-6,17H,1H3,(H,18,19). The molecular formula is C13H10F3NO4S2. The number of nitrogens with one attached hydrogen (secondary N) is 1. The summed E-state index contributed by atoms with van der Waals surface area (Å²) in [6.45, 7) is 1.45. The summed E-state index contributed by atoms with van der Waals surface area (Å²) in [7, 11) is -4.17. The summed E-state index contributed by atoms with van der Waals surface area (Å²) in [5, 5.41) is 9.92. The lowest BCUT2D eigenvalue weighted by atomic mass is 10.1. The molecule has 0 fully saturated rings. The molecule has 10 heteroatoms. The van der Waals surface area contributed by atoms with Crippen molar-refractivity contribution in [2.45, 2.75) is 17.3 Å². The van der Waals surface area contributed by atoms with E-state index in [1.165, 1.54) is 6.92 Å². The lowest BCUT2D eigenvalue weighted by molar-refractivity contribution is -0.137. The van der Waals surface area contributed by atoms with Crippen molar-refractivity contribution in [3.05, 3.63) is 46.3 Å². The van der Waals surface area contributed by atoms with Gasteiger partial charge in [0.2, 0.25) is 0 Å². The molecule has 0 aliphatic heterocycles. The van der Waals surface area contributed by atoms with E-state index in [0.29, 0.717) is 23.0 Å². The van der Waals surface area contributed by atoms with E-state index >= 15 is 0 Å². The van der Waals surface area contributed by atoms with Crippen LogP contribution in [-0.4, -0.2) is 19.5 Å². The summed E-state index contributed by atoms with van der Waals surface area (Å²) < 4.78 is 64.2. The van der Waals surface area contributed by atoms with Gasteiger partial charge in [0.25, 0.3) is 10.0 Å². The van der Waals surface area contributed by atoms with Crippen LogP contribution in [0.4, 0.5) is 18.9 Å². The molecule has 0 aliphatic rings. The number of hydrogen-bond donors (Lipinski definition) is 2. The van der Waals surface area contributed by atoms with Crippen LogP contribution in [0.1, 0.15) is 21.5 Å². The second-order valence-electron chi connectivity index (χ2n) is 4.59. The molecule has 0 bridgehead atoms. The van der Waals surface area contributed by atoms with Crippen LogP contribution in [0.3, 0.4) is 0 Å². The van der Waals surface area contributed by atoms with Crippen LogP contribution in [0.5, 0.6) is 0 Å². The zero-order valence-corrected chi connectivity index (χ0v) is 13.1. The third-order valence-corrected chi connectivity index (χ3v) is 5.70. The van der Waals surface area contributed by atoms with E-state index in [-0.39, 0.29) is 15.5 Å². The molecule has 1 aromatic carbocycles. The van der Waals surface area contributed by atoms with E-state index in [2.05, 4.69) is 4.72 Å². The van der Waals surface area contributed by atoms with Crippen molar-refractivity contribution in [1.82, 2.24) is 0 Å². The largest absolute Gasteiger partial charge is 0.478 e. The summed E-state index contributed by atoms with van der Waals surface area (Å²) in [5.41, 5.74) is -1.11. The molecule has 0 atom stereocenters. The summed E-state index contributed by atoms with van der Waals surface area (Å²) in [6.07, 6.45) is -4.60. The van der Waals surface area contributed by atoms with Gasteiger partial charge in [-0.25, -0.2) is 13.2 Å². The highest BCUT2D eigenvalue weighted by Crippen LogP contribution is 2.33. The molecule has 0 unspecified atom stereocenters. The molecule has 0 aliphatic carbocycles. The maximum Gasteiger partial charge on any atom is 0.416 e. The number of benzene rings is 1. The summed E-state index contributed by atoms with van der Waals surface area (Å²) in [4.78, 5) is 10.8. The molecule has 2 N–H and O–H groups in total. The van der Waals surface area contributed by atoms with Crippen LogP contribution in [0.25, 0.3) is 0 Å². The molecule has 0 saturated heterocycles. The number of alkyl halides is 3. The van der Waals surface area contributed by atoms with Crippen molar-refractivity contribution in [1.29, 1.82) is 0 Å². The number of carboxylic acids is 1. The molecule has 124 valence electrons. The Morgan fingerprint density at radius 2 is 1.91 bits per heavy atom. The van der Waals surface area contributed by atoms with Gasteiger partial charge in [0, 0.05) is 5.38 Å². The van der Waals surface area contributed by atoms with Gasteiger partial charge in [-0.3, -0.25) is 4.72 Å². The SMILES string of the molecule is Cc1ccc(C(F)(F)F)cc1NS(=O)(=O)c1cc(C(=O)O)cs1. The van der Waals surface area contributed by atoms with Crippen LogP contribution >= 0.6 is 11.3 Å². The first-order valence-electron chi connectivity index (χ1n) is 6.03. The fourth-order valence-electron chi connectivity index (χ4n) is 1.67. The minimum atomic E-state index is -4.60. The lowest BCUT2D eigenvalue weighted by Crippen LogP contribution is -2.14. The van der Waals surface area contributed by atoms with Gasteiger partial charge in [0.1, 0.15) is 4.21 Å². The van der Waals surface area contributed by atoms with Crippen molar-refractivity contribution in [2.24, 2.45) is 0 Å². The minimum Gasteiger partial charge on any atom is -0.478 e. The number of anilines is 1. The van der Waals surface area contributed by atoms with Gasteiger partial charge in [0.05, 0.1) is 16.8 Å². The number of rotatable bonds is 4. The predicted molar refractivity (Wildman–Crippen MR) is 78.3 cm³/mol. The Bertz CT molecular complexity index is 856. The second kappa shape index (κ2) is 5.85. The summed E-state index contributed by atoms with van der Waals surface area (Å²) in [5.74, 6) is -1.29. The number of sulfonamides is 1. The van der Waals surface area contributed by atoms with Gasteiger partial charge in [-0.2, -0.15) is 13.2 Å². The maximum atomic E-state index is 12.7. The van der Waals surface area contributed by atoms with Crippen molar-refractivity contribution in [3.8, 4) is 0 Å². The Labute approximate surface area is 133 Å². The van der Waals surface area contributed by atoms with Crippen LogP contribution in [0, 0.1) is 6.92 Å². The number of carboxylic acid groups (broad SMARTS) is 1. The molecule has 5 nitrogen and oxygen atoms in total. The van der Waals surface area contributed by atoms with E-state index in [1.54, 1.807) is 0 Å². The Morgan fingerprint density at radius 1 is 1.26 bits per heavy atom. The Kier molecular flexibility index (Phi) is 4.40. The van der Waals surface area contributed by atoms with E-state index < -0.39 is 27.7 Å². The minimum absolute atomic E-state index is 0.212. The van der Waals surface area contributed by atoms with Crippen LogP contribution in [0.15, 0.2) is 33.9 Å². The number of thiophene rings is 1. The third-order valence-electron chi connectivity index (χ3n) is 2.90. The Hall–Kier alpha value is -2.07. The fourth-order valence-corrected chi connectivity index (χ4v) is 3.95. The van der Waals surface area contributed by atoms with Gasteiger partial charge < -0.3 is 5.11 Å². The van der Waals surface area contributed by atoms with Gasteiger partial charge in [-0.15, -0.1) is 11.3 Å². The van der Waals surface area contributed by atoms with Crippen molar-refractivity contribution in [2.75, 3.05) is 4.72 Å². The number of aromatic carboxylic acids is 1. The molecule has 0 radical (unpaired) electrons. The first-order valence-corrected chi connectivity index (χ1v) is 8.39. The third kappa shape index (κ3) is 3.82. The van der Waals surface area contributed by atoms with Crippen LogP contribution in [-0.2, 0) is 16.2 Å². The number of carbonyl (C=O) groups is 1. The van der Waals surface area contributed by atoms with Gasteiger partial charge in [-0.05, 0) is 30.7 Å². The highest BCUT2D eigenvalue weighted by Gasteiger charge is 2.31. The average Bonchev–Trinajstić information content (AvgIpc) is 2.90. The zero-order chi connectivity index (χ0) is 17.4. The molecule has 1 heterocycles. The highest BCUT2D eigenvalue weighted by molar-refractivity contribution is 7.94. The van der Waals surface area contributed by atoms with Gasteiger partial charge >= 0.3 is 12.1 Å². The van der Waals surface area contributed by atoms with Crippen molar-refractivity contribution >= 4 is 33.0 Å². The molecular weight excluding hydrogens is 355 g/mol. The first-order chi connectivity index (χ1) is 10.5. The molecule has 0 spiro atoms. The average molecular weight is 365 g/mol. The van der Waals surface area contributed by atoms with Gasteiger partial charge in [0.15, 0.2) is 0 Å². The van der Waals surface area contributed by atoms with E-state index in [0.717, 1.165) is 23.6 Å². The van der Waals surface area contributed by atoms with Crippen LogP contribution < -0.4 is 4.72 Å². The Balaban J connectivity index is 2.38. The topological polar surface area (TPSA) is 83.5 Å². The lowest BCUT2D eigenvalue weighted by Gasteiger charge is -2.13. The number of hydrogen-bond acceptors (Lipinski definition) is 4.